The number of rotatable bonds is 7. The molecule has 1 amide bonds. The van der Waals surface area contributed by atoms with Crippen LogP contribution >= 0.6 is 0 Å². The summed E-state index contributed by atoms with van der Waals surface area (Å²) in [5.41, 5.74) is 1.22. The van der Waals surface area contributed by atoms with Gasteiger partial charge in [-0.1, -0.05) is 0 Å². The predicted molar refractivity (Wildman–Crippen MR) is 152 cm³/mol. The summed E-state index contributed by atoms with van der Waals surface area (Å²) in [5.74, 6) is -0.0569. The third-order valence-corrected chi connectivity index (χ3v) is 6.39. The summed E-state index contributed by atoms with van der Waals surface area (Å²) in [6, 6.07) is 13.2. The predicted octanol–water partition coefficient (Wildman–Crippen LogP) is 4.87. The van der Waals surface area contributed by atoms with Gasteiger partial charge in [-0.2, -0.15) is 5.10 Å². The number of carbonyl (C=O) groups is 1. The summed E-state index contributed by atoms with van der Waals surface area (Å²) >= 11 is 0. The van der Waals surface area contributed by atoms with Crippen LogP contribution in [-0.4, -0.2) is 29.8 Å². The number of nitrogens with zero attached hydrogens (tertiary/aromatic N) is 5. The monoisotopic (exact) mass is 554 g/mol. The quantitative estimate of drug-likeness (QED) is 0.307. The molecule has 0 aliphatic rings. The molecule has 0 saturated carbocycles. The summed E-state index contributed by atoms with van der Waals surface area (Å²) in [4.78, 5) is 44.0. The number of hydrogen-bond acceptors (Lipinski definition) is 6. The lowest BCUT2D eigenvalue weighted by molar-refractivity contribution is 0.102. The fraction of sp³-hybridized carbons (Fsp3) is 0.167. The Balaban J connectivity index is 1.41. The molecule has 2 aromatic carbocycles. The Hall–Kier alpha value is -5.32. The highest BCUT2D eigenvalue weighted by atomic mass is 19.1. The zero-order chi connectivity index (χ0) is 29.3. The van der Waals surface area contributed by atoms with Gasteiger partial charge in [-0.05, 0) is 74.9 Å². The summed E-state index contributed by atoms with van der Waals surface area (Å²) in [6.45, 7) is 5.34. The van der Waals surface area contributed by atoms with E-state index in [1.807, 2.05) is 26.2 Å². The lowest BCUT2D eigenvalue weighted by Crippen LogP contribution is -2.42. The molecule has 208 valence electrons. The largest absolute Gasteiger partial charge is 0.457 e. The number of anilines is 1. The van der Waals surface area contributed by atoms with Crippen molar-refractivity contribution >= 4 is 11.6 Å². The molecular weight excluding hydrogens is 527 g/mol. The van der Waals surface area contributed by atoms with Crippen molar-refractivity contribution in [3.05, 3.63) is 117 Å². The lowest BCUT2D eigenvalue weighted by Gasteiger charge is -2.16. The first-order chi connectivity index (χ1) is 19.6. The summed E-state index contributed by atoms with van der Waals surface area (Å²) < 4.78 is 23.4. The second-order valence-electron chi connectivity index (χ2n) is 9.76. The van der Waals surface area contributed by atoms with Crippen LogP contribution in [0.1, 0.15) is 35.8 Å². The van der Waals surface area contributed by atoms with E-state index in [1.54, 1.807) is 55.2 Å². The van der Waals surface area contributed by atoms with Gasteiger partial charge in [0.1, 0.15) is 22.9 Å². The third-order valence-electron chi connectivity index (χ3n) is 6.39. The second kappa shape index (κ2) is 11.0. The van der Waals surface area contributed by atoms with Gasteiger partial charge in [-0.3, -0.25) is 23.8 Å². The molecule has 0 fully saturated rings. The van der Waals surface area contributed by atoms with E-state index in [0.29, 0.717) is 22.9 Å². The minimum absolute atomic E-state index is 0.158. The zero-order valence-corrected chi connectivity index (χ0v) is 22.8. The highest BCUT2D eigenvalue weighted by molar-refractivity contribution is 6.04. The van der Waals surface area contributed by atoms with Crippen molar-refractivity contribution in [2.45, 2.75) is 26.8 Å². The molecule has 0 aliphatic heterocycles. The van der Waals surface area contributed by atoms with Crippen molar-refractivity contribution in [1.82, 2.24) is 23.9 Å². The first-order valence-electron chi connectivity index (χ1n) is 12.8. The molecule has 0 aliphatic carbocycles. The molecule has 0 bridgehead atoms. The van der Waals surface area contributed by atoms with E-state index in [0.717, 1.165) is 27.8 Å². The number of aryl methyl sites for hydroxylation is 2. The maximum Gasteiger partial charge on any atom is 0.335 e. The van der Waals surface area contributed by atoms with Gasteiger partial charge >= 0.3 is 5.69 Å². The average Bonchev–Trinajstić information content (AvgIpc) is 3.37. The molecule has 0 saturated heterocycles. The van der Waals surface area contributed by atoms with E-state index >= 15 is 0 Å². The smallest absolute Gasteiger partial charge is 0.335 e. The van der Waals surface area contributed by atoms with Gasteiger partial charge in [0.2, 0.25) is 0 Å². The van der Waals surface area contributed by atoms with Crippen LogP contribution in [0.15, 0.2) is 89.0 Å². The Bertz CT molecular complexity index is 1870. The van der Waals surface area contributed by atoms with Crippen molar-refractivity contribution in [3.63, 3.8) is 0 Å². The van der Waals surface area contributed by atoms with Gasteiger partial charge in [0.15, 0.2) is 0 Å². The first kappa shape index (κ1) is 27.3. The molecule has 41 heavy (non-hydrogen) atoms. The van der Waals surface area contributed by atoms with Crippen LogP contribution in [-0.2, 0) is 7.05 Å². The van der Waals surface area contributed by atoms with Crippen LogP contribution < -0.4 is 21.3 Å². The summed E-state index contributed by atoms with van der Waals surface area (Å²) in [7, 11) is 1.83. The number of nitrogens with one attached hydrogen (secondary N) is 1. The molecule has 0 atom stereocenters. The van der Waals surface area contributed by atoms with Crippen molar-refractivity contribution in [3.8, 4) is 28.4 Å². The molecule has 5 aromatic rings. The van der Waals surface area contributed by atoms with Gasteiger partial charge < -0.3 is 10.1 Å². The fourth-order valence-electron chi connectivity index (χ4n) is 4.27. The number of amides is 1. The van der Waals surface area contributed by atoms with Crippen LogP contribution in [0.3, 0.4) is 0 Å². The number of benzene rings is 2. The Kier molecular flexibility index (Phi) is 7.34. The second-order valence-corrected chi connectivity index (χ2v) is 9.76. The van der Waals surface area contributed by atoms with Crippen LogP contribution in [0.4, 0.5) is 10.1 Å². The van der Waals surface area contributed by atoms with E-state index in [9.17, 15) is 18.8 Å². The number of halogens is 1. The minimum atomic E-state index is -0.810. The number of ether oxygens (including phenoxy) is 1. The molecule has 10 nitrogen and oxygen atoms in total. The molecule has 0 radical (unpaired) electrons. The number of carbonyl (C=O) groups excluding carboxylic acids is 1. The maximum absolute atomic E-state index is 13.5. The SMILES string of the molecule is Cc1cc(NC(=O)c2cn(C(C)C)c(=O)n(-c3ccc(F)cc3)c2=O)ccc1Oc1ccnc(-c2cnn(C)c2)c1. The Morgan fingerprint density at radius 3 is 2.44 bits per heavy atom. The molecular formula is C30H27FN6O4. The average molecular weight is 555 g/mol. The van der Waals surface area contributed by atoms with Crippen molar-refractivity contribution in [2.75, 3.05) is 5.32 Å². The van der Waals surface area contributed by atoms with Crippen LogP contribution in [0.25, 0.3) is 16.9 Å². The molecule has 1 N–H and O–H groups in total. The zero-order valence-electron chi connectivity index (χ0n) is 22.8. The highest BCUT2D eigenvalue weighted by Gasteiger charge is 2.20. The topological polar surface area (TPSA) is 113 Å². The van der Waals surface area contributed by atoms with Gasteiger partial charge in [-0.25, -0.2) is 13.8 Å². The molecule has 0 spiro atoms. The summed E-state index contributed by atoms with van der Waals surface area (Å²) in [5, 5.41) is 6.91. The molecule has 11 heteroatoms. The van der Waals surface area contributed by atoms with E-state index in [-0.39, 0.29) is 17.3 Å². The number of hydrogen-bond donors (Lipinski definition) is 1. The van der Waals surface area contributed by atoms with Crippen LogP contribution in [0.2, 0.25) is 0 Å². The van der Waals surface area contributed by atoms with E-state index in [1.165, 1.54) is 22.9 Å². The van der Waals surface area contributed by atoms with Crippen molar-refractivity contribution in [2.24, 2.45) is 7.05 Å². The van der Waals surface area contributed by atoms with Gasteiger partial charge in [-0.15, -0.1) is 0 Å². The summed E-state index contributed by atoms with van der Waals surface area (Å²) in [6.07, 6.45) is 6.47. The minimum Gasteiger partial charge on any atom is -0.457 e. The highest BCUT2D eigenvalue weighted by Crippen LogP contribution is 2.29. The molecule has 5 rings (SSSR count). The van der Waals surface area contributed by atoms with Crippen molar-refractivity contribution < 1.29 is 13.9 Å². The van der Waals surface area contributed by atoms with E-state index < -0.39 is 23.0 Å². The van der Waals surface area contributed by atoms with E-state index in [2.05, 4.69) is 15.4 Å². The maximum atomic E-state index is 13.5. The third kappa shape index (κ3) is 5.69. The lowest BCUT2D eigenvalue weighted by atomic mass is 10.2. The fourth-order valence-corrected chi connectivity index (χ4v) is 4.27. The van der Waals surface area contributed by atoms with E-state index in [4.69, 9.17) is 4.74 Å². The number of pyridine rings is 1. The Morgan fingerprint density at radius 1 is 1.02 bits per heavy atom. The normalized spacial score (nSPS) is 11.1. The van der Waals surface area contributed by atoms with Gasteiger partial charge in [0.25, 0.3) is 11.5 Å². The standard InChI is InChI=1S/C30H27FN6O4/c1-18(2)36-17-25(29(39)37(30(36)40)23-8-5-21(31)6-9-23)28(38)34-22-7-10-27(19(3)13-22)41-24-11-12-32-26(14-24)20-15-33-35(4)16-20/h5-18H,1-4H3,(H,34,38). The Labute approximate surface area is 234 Å². The van der Waals surface area contributed by atoms with Crippen molar-refractivity contribution in [1.29, 1.82) is 0 Å². The molecule has 0 unspecified atom stereocenters. The van der Waals surface area contributed by atoms with Gasteiger partial charge in [0.05, 0.1) is 17.6 Å². The number of aromatic nitrogens is 5. The molecule has 3 aromatic heterocycles. The van der Waals surface area contributed by atoms with Crippen LogP contribution in [0.5, 0.6) is 11.5 Å². The van der Waals surface area contributed by atoms with Crippen LogP contribution in [0, 0.1) is 12.7 Å². The Morgan fingerprint density at radius 2 is 1.78 bits per heavy atom. The first-order valence-corrected chi connectivity index (χ1v) is 12.8. The molecule has 3 heterocycles. The van der Waals surface area contributed by atoms with Gasteiger partial charge in [0, 0.05) is 49.0 Å².